The van der Waals surface area contributed by atoms with Gasteiger partial charge in [0.2, 0.25) is 0 Å². The molecule has 0 unspecified atom stereocenters. The SMILES string of the molecule is Cc1ccccc1N1CCN(Cn2nc(C3CC3)n(C3CC3)c2=S)CC1. The maximum absolute atomic E-state index is 5.79. The molecule has 138 valence electrons. The van der Waals surface area contributed by atoms with Gasteiger partial charge in [-0.25, -0.2) is 4.68 Å². The monoisotopic (exact) mass is 369 g/mol. The molecular formula is C20H27N5S. The van der Waals surface area contributed by atoms with Crippen molar-refractivity contribution in [2.24, 2.45) is 0 Å². The Morgan fingerprint density at radius 2 is 1.77 bits per heavy atom. The lowest BCUT2D eigenvalue weighted by Crippen LogP contribution is -2.47. The van der Waals surface area contributed by atoms with Crippen LogP contribution in [0.3, 0.4) is 0 Å². The molecule has 2 saturated carbocycles. The number of para-hydroxylation sites is 1. The molecule has 1 aliphatic heterocycles. The third-order valence-electron chi connectivity index (χ3n) is 5.91. The zero-order chi connectivity index (χ0) is 17.7. The molecule has 2 aromatic rings. The summed E-state index contributed by atoms with van der Waals surface area (Å²) >= 11 is 5.79. The highest BCUT2D eigenvalue weighted by Crippen LogP contribution is 2.44. The van der Waals surface area contributed by atoms with Crippen LogP contribution in [0.15, 0.2) is 24.3 Å². The number of rotatable bonds is 5. The Labute approximate surface area is 160 Å². The molecule has 5 nitrogen and oxygen atoms in total. The van der Waals surface area contributed by atoms with Crippen LogP contribution in [0.25, 0.3) is 0 Å². The summed E-state index contributed by atoms with van der Waals surface area (Å²) in [5.41, 5.74) is 2.73. The molecule has 6 heteroatoms. The van der Waals surface area contributed by atoms with Crippen molar-refractivity contribution < 1.29 is 0 Å². The van der Waals surface area contributed by atoms with E-state index in [1.165, 1.54) is 42.8 Å². The minimum atomic E-state index is 0.629. The maximum Gasteiger partial charge on any atom is 0.199 e. The molecule has 0 N–H and O–H groups in total. The number of aromatic nitrogens is 3. The number of nitrogens with zero attached hydrogens (tertiary/aromatic N) is 5. The Morgan fingerprint density at radius 3 is 2.42 bits per heavy atom. The molecule has 1 aromatic heterocycles. The van der Waals surface area contributed by atoms with Gasteiger partial charge in [0, 0.05) is 43.8 Å². The van der Waals surface area contributed by atoms with Crippen molar-refractivity contribution in [3.63, 3.8) is 0 Å². The van der Waals surface area contributed by atoms with Gasteiger partial charge in [-0.15, -0.1) is 0 Å². The minimum absolute atomic E-state index is 0.629. The van der Waals surface area contributed by atoms with Gasteiger partial charge < -0.3 is 9.47 Å². The number of hydrogen-bond acceptors (Lipinski definition) is 4. The minimum Gasteiger partial charge on any atom is -0.369 e. The zero-order valence-corrected chi connectivity index (χ0v) is 16.3. The van der Waals surface area contributed by atoms with Crippen LogP contribution in [0.2, 0.25) is 0 Å². The average molecular weight is 370 g/mol. The number of anilines is 1. The van der Waals surface area contributed by atoms with Gasteiger partial charge in [-0.2, -0.15) is 5.10 Å². The summed E-state index contributed by atoms with van der Waals surface area (Å²) in [6.07, 6.45) is 5.12. The summed E-state index contributed by atoms with van der Waals surface area (Å²) < 4.78 is 5.40. The van der Waals surface area contributed by atoms with Gasteiger partial charge in [0.05, 0.1) is 6.67 Å². The van der Waals surface area contributed by atoms with Gasteiger partial charge in [0.25, 0.3) is 0 Å². The van der Waals surface area contributed by atoms with Crippen LogP contribution >= 0.6 is 12.2 Å². The first-order valence-electron chi connectivity index (χ1n) is 9.93. The fourth-order valence-corrected chi connectivity index (χ4v) is 4.40. The van der Waals surface area contributed by atoms with E-state index >= 15 is 0 Å². The maximum atomic E-state index is 5.79. The number of hydrogen-bond donors (Lipinski definition) is 0. The second-order valence-corrected chi connectivity index (χ2v) is 8.41. The number of piperazine rings is 1. The van der Waals surface area contributed by atoms with Crippen molar-refractivity contribution in [3.05, 3.63) is 40.4 Å². The van der Waals surface area contributed by atoms with Gasteiger partial charge in [-0.3, -0.25) is 4.90 Å². The summed E-state index contributed by atoms with van der Waals surface area (Å²) in [5.74, 6) is 1.92. The predicted octanol–water partition coefficient (Wildman–Crippen LogP) is 3.71. The Balaban J connectivity index is 1.28. The Morgan fingerprint density at radius 1 is 1.04 bits per heavy atom. The van der Waals surface area contributed by atoms with Crippen LogP contribution in [-0.4, -0.2) is 45.4 Å². The summed E-state index contributed by atoms with van der Waals surface area (Å²) in [6.45, 7) is 7.29. The fourth-order valence-electron chi connectivity index (χ4n) is 4.06. The van der Waals surface area contributed by atoms with E-state index in [9.17, 15) is 0 Å². The fraction of sp³-hybridized carbons (Fsp3) is 0.600. The summed E-state index contributed by atoms with van der Waals surface area (Å²) in [6, 6.07) is 9.32. The van der Waals surface area contributed by atoms with Gasteiger partial charge >= 0.3 is 0 Å². The van der Waals surface area contributed by atoms with Crippen molar-refractivity contribution in [1.82, 2.24) is 19.2 Å². The van der Waals surface area contributed by atoms with Crippen LogP contribution in [0, 0.1) is 11.7 Å². The quantitative estimate of drug-likeness (QED) is 0.752. The second-order valence-electron chi connectivity index (χ2n) is 8.05. The van der Waals surface area contributed by atoms with E-state index in [0.29, 0.717) is 12.0 Å². The van der Waals surface area contributed by atoms with Crippen LogP contribution < -0.4 is 4.90 Å². The third-order valence-corrected chi connectivity index (χ3v) is 6.32. The Bertz CT molecular complexity index is 853. The van der Waals surface area contributed by atoms with Crippen LogP contribution in [-0.2, 0) is 6.67 Å². The zero-order valence-electron chi connectivity index (χ0n) is 15.5. The molecule has 26 heavy (non-hydrogen) atoms. The molecule has 0 atom stereocenters. The highest BCUT2D eigenvalue weighted by Gasteiger charge is 2.36. The topological polar surface area (TPSA) is 29.2 Å². The lowest BCUT2D eigenvalue weighted by Gasteiger charge is -2.36. The molecule has 0 bridgehead atoms. The highest BCUT2D eigenvalue weighted by atomic mass is 32.1. The normalized spacial score (nSPS) is 21.3. The summed E-state index contributed by atoms with van der Waals surface area (Å²) in [7, 11) is 0. The molecule has 0 spiro atoms. The molecule has 1 saturated heterocycles. The predicted molar refractivity (Wildman–Crippen MR) is 106 cm³/mol. The highest BCUT2D eigenvalue weighted by molar-refractivity contribution is 7.71. The van der Waals surface area contributed by atoms with Crippen LogP contribution in [0.5, 0.6) is 0 Å². The molecule has 1 aromatic carbocycles. The van der Waals surface area contributed by atoms with E-state index in [1.807, 2.05) is 0 Å². The Hall–Kier alpha value is -1.66. The first-order chi connectivity index (χ1) is 12.7. The number of benzene rings is 1. The Kier molecular flexibility index (Phi) is 4.13. The lowest BCUT2D eigenvalue weighted by molar-refractivity contribution is 0.193. The van der Waals surface area contributed by atoms with Crippen molar-refractivity contribution in [3.8, 4) is 0 Å². The van der Waals surface area contributed by atoms with Gasteiger partial charge in [-0.05, 0) is 56.5 Å². The smallest absolute Gasteiger partial charge is 0.199 e. The molecule has 3 aliphatic rings. The number of aryl methyl sites for hydroxylation is 1. The van der Waals surface area contributed by atoms with Crippen LogP contribution in [0.1, 0.15) is 49.0 Å². The lowest BCUT2D eigenvalue weighted by atomic mass is 10.1. The summed E-state index contributed by atoms with van der Waals surface area (Å²) in [4.78, 5) is 5.00. The first kappa shape index (κ1) is 16.5. The van der Waals surface area contributed by atoms with Gasteiger partial charge in [0.1, 0.15) is 5.82 Å². The average Bonchev–Trinajstić information content (AvgIpc) is 3.56. The van der Waals surface area contributed by atoms with E-state index in [1.54, 1.807) is 0 Å². The van der Waals surface area contributed by atoms with Crippen molar-refractivity contribution in [1.29, 1.82) is 0 Å². The van der Waals surface area contributed by atoms with Gasteiger partial charge in [0.15, 0.2) is 4.77 Å². The largest absolute Gasteiger partial charge is 0.369 e. The molecule has 2 aliphatic carbocycles. The molecule has 0 amide bonds. The van der Waals surface area contributed by atoms with Crippen molar-refractivity contribution >= 4 is 17.9 Å². The molecule has 0 radical (unpaired) electrons. The van der Waals surface area contributed by atoms with Gasteiger partial charge in [-0.1, -0.05) is 18.2 Å². The van der Waals surface area contributed by atoms with Crippen LogP contribution in [0.4, 0.5) is 5.69 Å². The van der Waals surface area contributed by atoms with E-state index in [2.05, 4.69) is 50.2 Å². The van der Waals surface area contributed by atoms with Crippen molar-refractivity contribution in [2.45, 2.75) is 51.2 Å². The second kappa shape index (κ2) is 6.50. The van der Waals surface area contributed by atoms with E-state index in [0.717, 1.165) is 37.6 Å². The standard InChI is InChI=1S/C20H27N5S/c1-15-4-2-3-5-18(15)23-12-10-22(11-13-23)14-24-20(26)25(17-8-9-17)19(21-24)16-6-7-16/h2-5,16-17H,6-14H2,1H3. The molecule has 5 rings (SSSR count). The first-order valence-corrected chi connectivity index (χ1v) is 10.3. The molecule has 2 heterocycles. The van der Waals surface area contributed by atoms with E-state index in [-0.39, 0.29) is 0 Å². The van der Waals surface area contributed by atoms with E-state index < -0.39 is 0 Å². The van der Waals surface area contributed by atoms with Crippen molar-refractivity contribution in [2.75, 3.05) is 31.1 Å². The van der Waals surface area contributed by atoms with E-state index in [4.69, 9.17) is 17.3 Å². The molecular weight excluding hydrogens is 342 g/mol. The third kappa shape index (κ3) is 3.09. The summed E-state index contributed by atoms with van der Waals surface area (Å²) in [5, 5.41) is 4.94. The molecule has 3 fully saturated rings.